The second-order valence-electron chi connectivity index (χ2n) is 7.57. The number of aryl methyl sites for hydroxylation is 1. The Balaban J connectivity index is 0.00000105. The van der Waals surface area contributed by atoms with E-state index >= 15 is 0 Å². The van der Waals surface area contributed by atoms with Gasteiger partial charge in [0.15, 0.2) is 0 Å². The molecule has 0 spiro atoms. The number of carbonyl (C=O) groups is 1. The van der Waals surface area contributed by atoms with Crippen molar-refractivity contribution in [2.24, 2.45) is 4.99 Å². The molecule has 0 unspecified atom stereocenters. The van der Waals surface area contributed by atoms with Gasteiger partial charge in [0, 0.05) is 23.7 Å². The molecule has 1 aromatic rings. The predicted octanol–water partition coefficient (Wildman–Crippen LogP) is 4.38. The van der Waals surface area contributed by atoms with Gasteiger partial charge < -0.3 is 20.6 Å². The van der Waals surface area contributed by atoms with E-state index in [-0.39, 0.29) is 12.4 Å². The summed E-state index contributed by atoms with van der Waals surface area (Å²) >= 11 is 0. The molecule has 168 valence electrons. The minimum Gasteiger partial charge on any atom is -0.469 e. The summed E-state index contributed by atoms with van der Waals surface area (Å²) in [4.78, 5) is 20.4. The third kappa shape index (κ3) is 10.3. The number of anilines is 1. The molecule has 1 aliphatic heterocycles. The lowest BCUT2D eigenvalue weighted by molar-refractivity contribution is -0.139. The van der Waals surface area contributed by atoms with Crippen LogP contribution in [0, 0.1) is 19.3 Å². The second kappa shape index (κ2) is 13.6. The van der Waals surface area contributed by atoms with Crippen molar-refractivity contribution in [3.63, 3.8) is 0 Å². The van der Waals surface area contributed by atoms with E-state index in [0.717, 1.165) is 35.4 Å². The van der Waals surface area contributed by atoms with Crippen LogP contribution in [0.25, 0.3) is 0 Å². The summed E-state index contributed by atoms with van der Waals surface area (Å²) in [6.07, 6.45) is 7.43. The average Bonchev–Trinajstić information content (AvgIpc) is 2.70. The highest BCUT2D eigenvalue weighted by Gasteiger charge is 2.16. The van der Waals surface area contributed by atoms with E-state index < -0.39 is 5.60 Å². The Hall–Kier alpha value is -2.54. The standard InChI is InChI=1S/C17H22N4O2.C4H10O.C2H6/c1-11-14(8-16(22)23-3)12(2)21-17(15(11)9-18)20-10-13-6-4-5-7-19-13;1-4(2,3)5;1-2/h6-7,9,18H,4-5,8,10H2,1-3H3,(H,20,21);5H,1-3H3;1-2H3. The summed E-state index contributed by atoms with van der Waals surface area (Å²) in [5.74, 6) is 0.335. The fourth-order valence-corrected chi connectivity index (χ4v) is 2.55. The van der Waals surface area contributed by atoms with Crippen LogP contribution in [-0.4, -0.2) is 47.7 Å². The first kappa shape index (κ1) is 27.5. The lowest BCUT2D eigenvalue weighted by Gasteiger charge is -2.16. The van der Waals surface area contributed by atoms with Crippen molar-refractivity contribution in [3.05, 3.63) is 34.2 Å². The van der Waals surface area contributed by atoms with Crippen molar-refractivity contribution >= 4 is 24.2 Å². The van der Waals surface area contributed by atoms with Gasteiger partial charge in [-0.15, -0.1) is 0 Å². The van der Waals surface area contributed by atoms with Crippen molar-refractivity contribution in [1.82, 2.24) is 4.98 Å². The Labute approximate surface area is 181 Å². The molecule has 0 saturated carbocycles. The molecule has 1 aliphatic rings. The Morgan fingerprint density at radius 2 is 1.90 bits per heavy atom. The van der Waals surface area contributed by atoms with Crippen LogP contribution in [0.5, 0.6) is 0 Å². The third-order valence-corrected chi connectivity index (χ3v) is 3.89. The molecular formula is C23H38N4O3. The molecule has 2 heterocycles. The molecule has 0 amide bonds. The lowest BCUT2D eigenvalue weighted by Crippen LogP contribution is -2.14. The van der Waals surface area contributed by atoms with E-state index in [4.69, 9.17) is 15.3 Å². The van der Waals surface area contributed by atoms with E-state index in [1.54, 1.807) is 20.8 Å². The first-order valence-corrected chi connectivity index (χ1v) is 10.3. The van der Waals surface area contributed by atoms with Crippen molar-refractivity contribution in [2.45, 2.75) is 73.3 Å². The zero-order valence-electron chi connectivity index (χ0n) is 19.7. The molecule has 0 radical (unpaired) electrons. The maximum Gasteiger partial charge on any atom is 0.310 e. The molecule has 2 rings (SSSR count). The average molecular weight is 419 g/mol. The number of esters is 1. The molecule has 1 aromatic heterocycles. The maximum atomic E-state index is 11.6. The molecule has 0 aromatic carbocycles. The van der Waals surface area contributed by atoms with Crippen LogP contribution in [-0.2, 0) is 16.0 Å². The lowest BCUT2D eigenvalue weighted by atomic mass is 9.99. The van der Waals surface area contributed by atoms with E-state index in [9.17, 15) is 4.79 Å². The fraction of sp³-hybridized carbons (Fsp3) is 0.565. The minimum absolute atomic E-state index is 0.164. The Morgan fingerprint density at radius 1 is 1.30 bits per heavy atom. The topological polar surface area (TPSA) is 108 Å². The summed E-state index contributed by atoms with van der Waals surface area (Å²) < 4.78 is 4.73. The number of methoxy groups -OCH3 is 1. The number of aliphatic imine (C=N–C) groups is 1. The number of aromatic nitrogens is 1. The van der Waals surface area contributed by atoms with Crippen LogP contribution in [0.15, 0.2) is 16.8 Å². The molecule has 0 fully saturated rings. The maximum absolute atomic E-state index is 11.6. The summed E-state index contributed by atoms with van der Waals surface area (Å²) in [5, 5.41) is 19.4. The highest BCUT2D eigenvalue weighted by atomic mass is 16.5. The zero-order valence-corrected chi connectivity index (χ0v) is 19.7. The minimum atomic E-state index is -0.500. The molecule has 0 bridgehead atoms. The van der Waals surface area contributed by atoms with Gasteiger partial charge in [-0.2, -0.15) is 0 Å². The monoisotopic (exact) mass is 418 g/mol. The molecule has 7 heteroatoms. The van der Waals surface area contributed by atoms with Gasteiger partial charge in [0.2, 0.25) is 0 Å². The highest BCUT2D eigenvalue weighted by molar-refractivity contribution is 5.88. The summed E-state index contributed by atoms with van der Waals surface area (Å²) in [6, 6.07) is 0. The molecule has 0 saturated heterocycles. The van der Waals surface area contributed by atoms with Gasteiger partial charge in [0.1, 0.15) is 5.82 Å². The molecule has 7 nitrogen and oxygen atoms in total. The summed E-state index contributed by atoms with van der Waals surface area (Å²) in [6.45, 7) is 13.6. The van der Waals surface area contributed by atoms with Crippen LogP contribution >= 0.6 is 0 Å². The van der Waals surface area contributed by atoms with Gasteiger partial charge in [-0.05, 0) is 58.6 Å². The predicted molar refractivity (Wildman–Crippen MR) is 125 cm³/mol. The van der Waals surface area contributed by atoms with Crippen molar-refractivity contribution in [3.8, 4) is 0 Å². The quantitative estimate of drug-likeness (QED) is 0.469. The summed E-state index contributed by atoms with van der Waals surface area (Å²) in [5.41, 5.74) is 3.62. The number of hydrogen-bond donors (Lipinski definition) is 3. The SMILES string of the molecule is CC.CC(C)(C)O.COC(=O)Cc1c(C)nc(NCC2=CCCC=N2)c(C=N)c1C. The van der Waals surface area contributed by atoms with Gasteiger partial charge in [0.25, 0.3) is 0 Å². The van der Waals surface area contributed by atoms with Gasteiger partial charge in [0.05, 0.1) is 31.4 Å². The molecular weight excluding hydrogens is 380 g/mol. The highest BCUT2D eigenvalue weighted by Crippen LogP contribution is 2.23. The third-order valence-electron chi connectivity index (χ3n) is 3.89. The first-order chi connectivity index (χ1) is 14.1. The first-order valence-electron chi connectivity index (χ1n) is 10.3. The molecule has 0 aliphatic carbocycles. The molecule has 30 heavy (non-hydrogen) atoms. The largest absolute Gasteiger partial charge is 0.469 e. The van der Waals surface area contributed by atoms with E-state index in [1.165, 1.54) is 13.3 Å². The van der Waals surface area contributed by atoms with Gasteiger partial charge >= 0.3 is 5.97 Å². The number of nitrogens with zero attached hydrogens (tertiary/aromatic N) is 2. The number of rotatable bonds is 6. The van der Waals surface area contributed by atoms with Crippen LogP contribution in [0.2, 0.25) is 0 Å². The Bertz CT molecular complexity index is 757. The van der Waals surface area contributed by atoms with Crippen LogP contribution in [0.1, 0.15) is 69.8 Å². The number of carbonyl (C=O) groups excluding carboxylic acids is 1. The van der Waals surface area contributed by atoms with Crippen LogP contribution < -0.4 is 5.32 Å². The van der Waals surface area contributed by atoms with E-state index in [2.05, 4.69) is 21.4 Å². The number of allylic oxidation sites excluding steroid dienone is 1. The normalized spacial score (nSPS) is 12.5. The van der Waals surface area contributed by atoms with Crippen molar-refractivity contribution in [2.75, 3.05) is 19.0 Å². The second-order valence-corrected chi connectivity index (χ2v) is 7.57. The Kier molecular flexibility index (Phi) is 12.5. The Morgan fingerprint density at radius 3 is 2.37 bits per heavy atom. The van der Waals surface area contributed by atoms with Crippen molar-refractivity contribution < 1.29 is 14.6 Å². The number of pyridine rings is 1. The van der Waals surface area contributed by atoms with E-state index in [1.807, 2.05) is 33.9 Å². The molecule has 0 atom stereocenters. The van der Waals surface area contributed by atoms with Gasteiger partial charge in [-0.25, -0.2) is 4.98 Å². The van der Waals surface area contributed by atoms with Gasteiger partial charge in [-0.3, -0.25) is 9.79 Å². The van der Waals surface area contributed by atoms with Crippen LogP contribution in [0.4, 0.5) is 5.82 Å². The number of ether oxygens (including phenoxy) is 1. The number of hydrogen-bond acceptors (Lipinski definition) is 7. The summed E-state index contributed by atoms with van der Waals surface area (Å²) in [7, 11) is 1.37. The van der Waals surface area contributed by atoms with E-state index in [0.29, 0.717) is 17.9 Å². The fourth-order valence-electron chi connectivity index (χ4n) is 2.55. The number of aliphatic hydroxyl groups is 1. The van der Waals surface area contributed by atoms with Crippen LogP contribution in [0.3, 0.4) is 0 Å². The van der Waals surface area contributed by atoms with Crippen molar-refractivity contribution in [1.29, 1.82) is 5.41 Å². The van der Waals surface area contributed by atoms with Gasteiger partial charge in [-0.1, -0.05) is 19.9 Å². The smallest absolute Gasteiger partial charge is 0.310 e. The number of nitrogens with one attached hydrogen (secondary N) is 2. The zero-order chi connectivity index (χ0) is 23.3. The molecule has 3 N–H and O–H groups in total.